The molecule has 0 bridgehead atoms. The molecule has 2 aromatic rings. The molecule has 2 heterocycles. The van der Waals surface area contributed by atoms with Crippen molar-refractivity contribution in [3.8, 4) is 5.69 Å². The number of alkyl halides is 3. The molecular formula is C11H11F3N4. The van der Waals surface area contributed by atoms with Crippen molar-refractivity contribution < 1.29 is 13.2 Å². The summed E-state index contributed by atoms with van der Waals surface area (Å²) in [6, 6.07) is 2.68. The van der Waals surface area contributed by atoms with Gasteiger partial charge in [0.1, 0.15) is 0 Å². The first-order valence-electron chi connectivity index (χ1n) is 5.23. The number of nitrogens with zero attached hydrogens (tertiary/aromatic N) is 3. The predicted molar refractivity (Wildman–Crippen MR) is 59.1 cm³/mol. The van der Waals surface area contributed by atoms with Crippen molar-refractivity contribution >= 4 is 0 Å². The van der Waals surface area contributed by atoms with Gasteiger partial charge in [0.05, 0.1) is 11.9 Å². The molecular weight excluding hydrogens is 245 g/mol. The molecule has 4 nitrogen and oxygen atoms in total. The lowest BCUT2D eigenvalue weighted by Crippen LogP contribution is -2.11. The van der Waals surface area contributed by atoms with Crippen molar-refractivity contribution in [2.45, 2.75) is 12.7 Å². The normalized spacial score (nSPS) is 11.8. The lowest BCUT2D eigenvalue weighted by atomic mass is 10.2. The Morgan fingerprint density at radius 3 is 2.72 bits per heavy atom. The highest BCUT2D eigenvalue weighted by atomic mass is 19.4. The van der Waals surface area contributed by atoms with Gasteiger partial charge in [-0.15, -0.1) is 0 Å². The summed E-state index contributed by atoms with van der Waals surface area (Å²) in [5, 5.41) is 6.46. The van der Waals surface area contributed by atoms with E-state index >= 15 is 0 Å². The van der Waals surface area contributed by atoms with Crippen LogP contribution < -0.4 is 5.32 Å². The number of pyridine rings is 1. The monoisotopic (exact) mass is 256 g/mol. The SMILES string of the molecule is CNCc1ccncc1-n1ccc(C(F)(F)F)n1. The van der Waals surface area contributed by atoms with E-state index < -0.39 is 11.9 Å². The van der Waals surface area contributed by atoms with Gasteiger partial charge in [-0.1, -0.05) is 0 Å². The van der Waals surface area contributed by atoms with Crippen LogP contribution in [0.5, 0.6) is 0 Å². The number of rotatable bonds is 3. The van der Waals surface area contributed by atoms with Crippen LogP contribution in [0.1, 0.15) is 11.3 Å². The van der Waals surface area contributed by atoms with Crippen LogP contribution in [0.15, 0.2) is 30.7 Å². The van der Waals surface area contributed by atoms with E-state index in [1.807, 2.05) is 0 Å². The van der Waals surface area contributed by atoms with Crippen molar-refractivity contribution in [2.24, 2.45) is 0 Å². The number of halogens is 3. The van der Waals surface area contributed by atoms with Gasteiger partial charge in [-0.2, -0.15) is 18.3 Å². The molecule has 0 unspecified atom stereocenters. The first-order valence-corrected chi connectivity index (χ1v) is 5.23. The molecule has 1 N–H and O–H groups in total. The van der Waals surface area contributed by atoms with Gasteiger partial charge in [0, 0.05) is 18.9 Å². The van der Waals surface area contributed by atoms with Crippen molar-refractivity contribution in [1.82, 2.24) is 20.1 Å². The standard InChI is InChI=1S/C11H11F3N4/c1-15-6-8-2-4-16-7-9(8)18-5-3-10(17-18)11(12,13)14/h2-5,7,15H,6H2,1H3. The molecule has 0 fully saturated rings. The van der Waals surface area contributed by atoms with E-state index in [0.29, 0.717) is 12.2 Å². The zero-order valence-electron chi connectivity index (χ0n) is 9.57. The highest BCUT2D eigenvalue weighted by molar-refractivity contribution is 5.37. The van der Waals surface area contributed by atoms with Crippen LogP contribution in [-0.2, 0) is 12.7 Å². The molecule has 2 aromatic heterocycles. The maximum atomic E-state index is 12.5. The van der Waals surface area contributed by atoms with Crippen LogP contribution >= 0.6 is 0 Å². The topological polar surface area (TPSA) is 42.7 Å². The molecule has 2 rings (SSSR count). The molecule has 0 amide bonds. The Labute approximate surface area is 101 Å². The lowest BCUT2D eigenvalue weighted by Gasteiger charge is -2.08. The Kier molecular flexibility index (Phi) is 3.33. The van der Waals surface area contributed by atoms with Crippen LogP contribution in [0.2, 0.25) is 0 Å². The van der Waals surface area contributed by atoms with Crippen LogP contribution in [0.4, 0.5) is 13.2 Å². The highest BCUT2D eigenvalue weighted by Gasteiger charge is 2.33. The van der Waals surface area contributed by atoms with E-state index in [1.54, 1.807) is 19.3 Å². The highest BCUT2D eigenvalue weighted by Crippen LogP contribution is 2.28. The fourth-order valence-corrected chi connectivity index (χ4v) is 1.57. The van der Waals surface area contributed by atoms with Gasteiger partial charge in [0.2, 0.25) is 0 Å². The Bertz CT molecular complexity index is 533. The summed E-state index contributed by atoms with van der Waals surface area (Å²) in [6.45, 7) is 0.527. The predicted octanol–water partition coefficient (Wildman–Crippen LogP) is 2.01. The third kappa shape index (κ3) is 2.51. The molecule has 0 saturated carbocycles. The summed E-state index contributed by atoms with van der Waals surface area (Å²) in [4.78, 5) is 3.91. The van der Waals surface area contributed by atoms with E-state index in [0.717, 1.165) is 11.6 Å². The summed E-state index contributed by atoms with van der Waals surface area (Å²) < 4.78 is 38.6. The quantitative estimate of drug-likeness (QED) is 0.913. The second-order valence-electron chi connectivity index (χ2n) is 3.68. The zero-order valence-corrected chi connectivity index (χ0v) is 9.57. The lowest BCUT2D eigenvalue weighted by molar-refractivity contribution is -0.141. The first kappa shape index (κ1) is 12.6. The smallest absolute Gasteiger partial charge is 0.316 e. The molecule has 0 atom stereocenters. The molecule has 0 radical (unpaired) electrons. The van der Waals surface area contributed by atoms with E-state index in [1.165, 1.54) is 17.1 Å². The summed E-state index contributed by atoms with van der Waals surface area (Å²) in [6.07, 6.45) is -0.0835. The molecule has 18 heavy (non-hydrogen) atoms. The third-order valence-electron chi connectivity index (χ3n) is 2.38. The van der Waals surface area contributed by atoms with Gasteiger partial charge < -0.3 is 5.32 Å². The van der Waals surface area contributed by atoms with E-state index in [-0.39, 0.29) is 0 Å². The van der Waals surface area contributed by atoms with Crippen LogP contribution in [0, 0.1) is 0 Å². The Morgan fingerprint density at radius 1 is 1.33 bits per heavy atom. The molecule has 96 valence electrons. The minimum absolute atomic E-state index is 0.527. The largest absolute Gasteiger partial charge is 0.435 e. The molecule has 7 heteroatoms. The van der Waals surface area contributed by atoms with Crippen molar-refractivity contribution in [2.75, 3.05) is 7.05 Å². The van der Waals surface area contributed by atoms with Crippen molar-refractivity contribution in [3.05, 3.63) is 42.0 Å². The summed E-state index contributed by atoms with van der Waals surface area (Å²) in [5.41, 5.74) is 0.438. The first-order chi connectivity index (χ1) is 8.52. The van der Waals surface area contributed by atoms with Crippen LogP contribution in [0.3, 0.4) is 0 Å². The van der Waals surface area contributed by atoms with Crippen molar-refractivity contribution in [1.29, 1.82) is 0 Å². The second kappa shape index (κ2) is 4.77. The summed E-state index contributed by atoms with van der Waals surface area (Å²) >= 11 is 0. The van der Waals surface area contributed by atoms with Crippen LogP contribution in [-0.4, -0.2) is 21.8 Å². The van der Waals surface area contributed by atoms with Gasteiger partial charge in [-0.3, -0.25) is 4.98 Å². The maximum Gasteiger partial charge on any atom is 0.435 e. The number of aromatic nitrogens is 3. The molecule has 0 aliphatic heterocycles. The number of nitrogens with one attached hydrogen (secondary N) is 1. The summed E-state index contributed by atoms with van der Waals surface area (Å²) in [7, 11) is 1.76. The van der Waals surface area contributed by atoms with Gasteiger partial charge >= 0.3 is 6.18 Å². The zero-order chi connectivity index (χ0) is 13.2. The molecule has 0 spiro atoms. The van der Waals surface area contributed by atoms with E-state index in [9.17, 15) is 13.2 Å². The van der Waals surface area contributed by atoms with Gasteiger partial charge in [0.15, 0.2) is 5.69 Å². The van der Waals surface area contributed by atoms with Crippen molar-refractivity contribution in [3.63, 3.8) is 0 Å². The molecule has 0 aliphatic carbocycles. The fraction of sp³-hybridized carbons (Fsp3) is 0.273. The minimum Gasteiger partial charge on any atom is -0.316 e. The Balaban J connectivity index is 2.40. The number of hydrogen-bond acceptors (Lipinski definition) is 3. The Morgan fingerprint density at radius 2 is 2.11 bits per heavy atom. The van der Waals surface area contributed by atoms with E-state index in [2.05, 4.69) is 15.4 Å². The van der Waals surface area contributed by atoms with Gasteiger partial charge in [-0.25, -0.2) is 4.68 Å². The third-order valence-corrected chi connectivity index (χ3v) is 2.38. The average Bonchev–Trinajstić information content (AvgIpc) is 2.79. The fourth-order valence-electron chi connectivity index (χ4n) is 1.57. The van der Waals surface area contributed by atoms with Gasteiger partial charge in [0.25, 0.3) is 0 Å². The number of hydrogen-bond donors (Lipinski definition) is 1. The molecule has 0 aliphatic rings. The molecule has 0 saturated heterocycles. The van der Waals surface area contributed by atoms with E-state index in [4.69, 9.17) is 0 Å². The Hall–Kier alpha value is -1.89. The minimum atomic E-state index is -4.43. The summed E-state index contributed by atoms with van der Waals surface area (Å²) in [5.74, 6) is 0. The maximum absolute atomic E-state index is 12.5. The second-order valence-corrected chi connectivity index (χ2v) is 3.68. The van der Waals surface area contributed by atoms with Gasteiger partial charge in [-0.05, 0) is 24.7 Å². The molecule has 0 aromatic carbocycles. The average molecular weight is 256 g/mol. The van der Waals surface area contributed by atoms with Crippen LogP contribution in [0.25, 0.3) is 5.69 Å².